The zero-order chi connectivity index (χ0) is 20.5. The van der Waals surface area contributed by atoms with Gasteiger partial charge in [0.15, 0.2) is 0 Å². The Balaban J connectivity index is 1.55. The van der Waals surface area contributed by atoms with Gasteiger partial charge in [-0.2, -0.15) is 5.26 Å². The first kappa shape index (κ1) is 20.7. The number of amides is 1. The topological polar surface area (TPSA) is 69.5 Å². The molecule has 1 aromatic carbocycles. The van der Waals surface area contributed by atoms with Crippen LogP contribution in [0.15, 0.2) is 42.6 Å². The van der Waals surface area contributed by atoms with Crippen LogP contribution in [0, 0.1) is 11.3 Å². The summed E-state index contributed by atoms with van der Waals surface area (Å²) in [4.78, 5) is 21.2. The number of carbonyl (C=O) groups is 1. The molecule has 0 N–H and O–H groups in total. The van der Waals surface area contributed by atoms with E-state index in [1.165, 1.54) is 0 Å². The highest BCUT2D eigenvalue weighted by Gasteiger charge is 2.21. The Morgan fingerprint density at radius 3 is 2.76 bits per heavy atom. The van der Waals surface area contributed by atoms with Gasteiger partial charge in [0, 0.05) is 32.4 Å². The van der Waals surface area contributed by atoms with Gasteiger partial charge in [-0.1, -0.05) is 25.5 Å². The molecule has 1 saturated heterocycles. The van der Waals surface area contributed by atoms with Crippen LogP contribution in [0.2, 0.25) is 0 Å². The maximum absolute atomic E-state index is 12.8. The number of nitrogens with zero attached hydrogens (tertiary/aromatic N) is 4. The summed E-state index contributed by atoms with van der Waals surface area (Å²) in [7, 11) is 0. The number of nitriles is 1. The van der Waals surface area contributed by atoms with Crippen molar-refractivity contribution in [1.29, 1.82) is 5.26 Å². The van der Waals surface area contributed by atoms with Crippen LogP contribution in [0.25, 0.3) is 0 Å². The summed E-state index contributed by atoms with van der Waals surface area (Å²) in [6.45, 7) is 5.70. The van der Waals surface area contributed by atoms with Crippen LogP contribution in [-0.2, 0) is 11.2 Å². The van der Waals surface area contributed by atoms with Crippen molar-refractivity contribution >= 4 is 11.7 Å². The summed E-state index contributed by atoms with van der Waals surface area (Å²) in [6.07, 6.45) is 5.11. The molecule has 0 saturated carbocycles. The maximum Gasteiger partial charge on any atom is 0.227 e. The number of hydrogen-bond donors (Lipinski definition) is 0. The third kappa shape index (κ3) is 5.71. The van der Waals surface area contributed by atoms with Crippen molar-refractivity contribution < 1.29 is 9.53 Å². The van der Waals surface area contributed by atoms with Crippen molar-refractivity contribution in [2.75, 3.05) is 37.7 Å². The highest BCUT2D eigenvalue weighted by molar-refractivity contribution is 5.79. The normalized spacial score (nSPS) is 14.2. The van der Waals surface area contributed by atoms with Gasteiger partial charge in [0.1, 0.15) is 17.6 Å². The minimum Gasteiger partial charge on any atom is -0.494 e. The molecule has 0 spiro atoms. The van der Waals surface area contributed by atoms with E-state index < -0.39 is 0 Å². The van der Waals surface area contributed by atoms with E-state index in [0.717, 1.165) is 50.3 Å². The quantitative estimate of drug-likeness (QED) is 0.676. The van der Waals surface area contributed by atoms with Crippen molar-refractivity contribution in [2.24, 2.45) is 0 Å². The van der Waals surface area contributed by atoms with Crippen molar-refractivity contribution in [3.63, 3.8) is 0 Å². The lowest BCUT2D eigenvalue weighted by Crippen LogP contribution is -2.36. The predicted molar refractivity (Wildman–Crippen MR) is 113 cm³/mol. The monoisotopic (exact) mass is 392 g/mol. The van der Waals surface area contributed by atoms with E-state index >= 15 is 0 Å². The first-order chi connectivity index (χ1) is 14.2. The molecular formula is C23H28N4O2. The van der Waals surface area contributed by atoms with Crippen molar-refractivity contribution in [2.45, 2.75) is 32.6 Å². The Bertz CT molecular complexity index is 845. The Kier molecular flexibility index (Phi) is 7.46. The molecule has 1 aromatic heterocycles. The average molecular weight is 393 g/mol. The van der Waals surface area contributed by atoms with E-state index in [0.29, 0.717) is 30.9 Å². The molecule has 2 heterocycles. The van der Waals surface area contributed by atoms with Gasteiger partial charge < -0.3 is 14.5 Å². The summed E-state index contributed by atoms with van der Waals surface area (Å²) < 4.78 is 5.68. The van der Waals surface area contributed by atoms with E-state index in [9.17, 15) is 10.1 Å². The second-order valence-corrected chi connectivity index (χ2v) is 7.23. The molecule has 3 rings (SSSR count). The minimum atomic E-state index is 0.132. The number of hydrogen-bond acceptors (Lipinski definition) is 5. The molecule has 1 amide bonds. The number of anilines is 1. The number of aromatic nitrogens is 1. The van der Waals surface area contributed by atoms with Crippen LogP contribution >= 0.6 is 0 Å². The summed E-state index contributed by atoms with van der Waals surface area (Å²) >= 11 is 0. The number of carbonyl (C=O) groups excluding carboxylic acids is 1. The van der Waals surface area contributed by atoms with Crippen molar-refractivity contribution in [3.8, 4) is 11.8 Å². The molecule has 0 atom stereocenters. The average Bonchev–Trinajstić information content (AvgIpc) is 3.01. The van der Waals surface area contributed by atoms with Crippen LogP contribution < -0.4 is 9.64 Å². The fourth-order valence-electron chi connectivity index (χ4n) is 3.44. The zero-order valence-corrected chi connectivity index (χ0v) is 17.0. The van der Waals surface area contributed by atoms with Crippen molar-refractivity contribution in [1.82, 2.24) is 9.88 Å². The van der Waals surface area contributed by atoms with Crippen LogP contribution in [0.3, 0.4) is 0 Å². The van der Waals surface area contributed by atoms with Crippen molar-refractivity contribution in [3.05, 3.63) is 53.7 Å². The van der Waals surface area contributed by atoms with Gasteiger partial charge in [-0.05, 0) is 42.7 Å². The minimum absolute atomic E-state index is 0.132. The lowest BCUT2D eigenvalue weighted by Gasteiger charge is -2.23. The van der Waals surface area contributed by atoms with Gasteiger partial charge in [-0.25, -0.2) is 4.98 Å². The molecule has 6 heteroatoms. The fourth-order valence-corrected chi connectivity index (χ4v) is 3.44. The second-order valence-electron chi connectivity index (χ2n) is 7.23. The van der Waals surface area contributed by atoms with Crippen LogP contribution in [0.1, 0.15) is 37.3 Å². The van der Waals surface area contributed by atoms with Gasteiger partial charge >= 0.3 is 0 Å². The molecule has 29 heavy (non-hydrogen) atoms. The summed E-state index contributed by atoms with van der Waals surface area (Å²) in [5.41, 5.74) is 1.57. The SMILES string of the molecule is CCCCOc1ccc(CC(=O)N2CCCN(c3ncccc3C#N)CC2)cc1. The van der Waals surface area contributed by atoms with Gasteiger partial charge in [-0.3, -0.25) is 4.79 Å². The van der Waals surface area contributed by atoms with Gasteiger partial charge in [-0.15, -0.1) is 0 Å². The third-order valence-electron chi connectivity index (χ3n) is 5.10. The summed E-state index contributed by atoms with van der Waals surface area (Å²) in [5.74, 6) is 1.69. The molecule has 0 aliphatic carbocycles. The van der Waals surface area contributed by atoms with E-state index in [1.807, 2.05) is 29.2 Å². The Morgan fingerprint density at radius 1 is 1.17 bits per heavy atom. The second kappa shape index (κ2) is 10.5. The summed E-state index contributed by atoms with van der Waals surface area (Å²) in [5, 5.41) is 9.31. The molecule has 1 fully saturated rings. The molecule has 1 aliphatic rings. The number of rotatable bonds is 7. The molecule has 1 aliphatic heterocycles. The number of unbranched alkanes of at least 4 members (excludes halogenated alkanes) is 1. The Hall–Kier alpha value is -3.07. The smallest absolute Gasteiger partial charge is 0.227 e. The number of pyridine rings is 1. The van der Waals surface area contributed by atoms with Crippen LogP contribution in [-0.4, -0.2) is 48.6 Å². The fraction of sp³-hybridized carbons (Fsp3) is 0.435. The summed E-state index contributed by atoms with van der Waals surface area (Å²) in [6, 6.07) is 13.6. The lowest BCUT2D eigenvalue weighted by atomic mass is 10.1. The van der Waals surface area contributed by atoms with Crippen LogP contribution in [0.5, 0.6) is 5.75 Å². The van der Waals surface area contributed by atoms with E-state index in [2.05, 4.69) is 22.9 Å². The third-order valence-corrected chi connectivity index (χ3v) is 5.10. The molecule has 2 aromatic rings. The molecule has 0 bridgehead atoms. The first-order valence-corrected chi connectivity index (χ1v) is 10.3. The Morgan fingerprint density at radius 2 is 2.00 bits per heavy atom. The van der Waals surface area contributed by atoms with Gasteiger partial charge in [0.25, 0.3) is 0 Å². The molecular weight excluding hydrogens is 364 g/mol. The largest absolute Gasteiger partial charge is 0.494 e. The highest BCUT2D eigenvalue weighted by Crippen LogP contribution is 2.19. The van der Waals surface area contributed by atoms with E-state index in [-0.39, 0.29) is 5.91 Å². The molecule has 6 nitrogen and oxygen atoms in total. The standard InChI is InChI=1S/C23H28N4O2/c1-2-3-16-29-21-9-7-19(8-10-21)17-22(28)26-12-5-13-27(15-14-26)23-20(18-24)6-4-11-25-23/h4,6-11H,2-3,5,12-17H2,1H3. The Labute approximate surface area is 172 Å². The molecule has 152 valence electrons. The lowest BCUT2D eigenvalue weighted by molar-refractivity contribution is -0.130. The predicted octanol–water partition coefficient (Wildman–Crippen LogP) is 3.41. The first-order valence-electron chi connectivity index (χ1n) is 10.3. The van der Waals surface area contributed by atoms with E-state index in [1.54, 1.807) is 18.3 Å². The highest BCUT2D eigenvalue weighted by atomic mass is 16.5. The van der Waals surface area contributed by atoms with Crippen LogP contribution in [0.4, 0.5) is 5.82 Å². The molecule has 0 radical (unpaired) electrons. The number of benzene rings is 1. The van der Waals surface area contributed by atoms with Gasteiger partial charge in [0.2, 0.25) is 5.91 Å². The maximum atomic E-state index is 12.8. The number of ether oxygens (including phenoxy) is 1. The zero-order valence-electron chi connectivity index (χ0n) is 17.0. The van der Waals surface area contributed by atoms with Gasteiger partial charge in [0.05, 0.1) is 18.6 Å². The molecule has 0 unspecified atom stereocenters. The van der Waals surface area contributed by atoms with E-state index in [4.69, 9.17) is 4.74 Å².